The van der Waals surface area contributed by atoms with Gasteiger partial charge in [-0.2, -0.15) is 0 Å². The van der Waals surface area contributed by atoms with E-state index in [2.05, 4.69) is 17.2 Å². The fourth-order valence-corrected chi connectivity index (χ4v) is 1.96. The Bertz CT molecular complexity index is 557. The van der Waals surface area contributed by atoms with Crippen molar-refractivity contribution in [2.24, 2.45) is 0 Å². The third kappa shape index (κ3) is 3.78. The smallest absolute Gasteiger partial charge is 0.133 e. The summed E-state index contributed by atoms with van der Waals surface area (Å²) in [5.74, 6) is 0.571. The van der Waals surface area contributed by atoms with E-state index in [4.69, 9.17) is 0 Å². The van der Waals surface area contributed by atoms with Gasteiger partial charge in [-0.3, -0.25) is 0 Å². The van der Waals surface area contributed by atoms with Crippen LogP contribution in [0.5, 0.6) is 0 Å². The topological polar surface area (TPSA) is 28.2 Å². The predicted molar refractivity (Wildman–Crippen MR) is 80.7 cm³/mol. The number of hydrogen-bond donors (Lipinski definition) is 1. The fraction of sp³-hybridized carbons (Fsp3) is 0.312. The van der Waals surface area contributed by atoms with Gasteiger partial charge in [0.05, 0.1) is 5.69 Å². The Balaban J connectivity index is 2.13. The highest BCUT2D eigenvalue weighted by Gasteiger charge is 2.06. The van der Waals surface area contributed by atoms with Crippen molar-refractivity contribution in [1.82, 2.24) is 10.3 Å². The van der Waals surface area contributed by atoms with Crippen LogP contribution in [0.1, 0.15) is 19.0 Å². The Morgan fingerprint density at radius 1 is 1.20 bits per heavy atom. The van der Waals surface area contributed by atoms with Gasteiger partial charge in [0.25, 0.3) is 0 Å². The van der Waals surface area contributed by atoms with Crippen molar-refractivity contribution in [3.05, 3.63) is 54.0 Å². The maximum Gasteiger partial charge on any atom is 0.133 e. The molecule has 0 unspecified atom stereocenters. The van der Waals surface area contributed by atoms with Crippen molar-refractivity contribution in [2.45, 2.75) is 19.9 Å². The normalized spacial score (nSPS) is 10.6. The molecule has 0 amide bonds. The average Bonchev–Trinajstić information content (AvgIpc) is 2.47. The van der Waals surface area contributed by atoms with E-state index >= 15 is 0 Å². The van der Waals surface area contributed by atoms with E-state index in [0.717, 1.165) is 36.7 Å². The maximum atomic E-state index is 13.3. The lowest BCUT2D eigenvalue weighted by Gasteiger charge is -2.19. The van der Waals surface area contributed by atoms with Gasteiger partial charge in [0, 0.05) is 19.3 Å². The van der Waals surface area contributed by atoms with Gasteiger partial charge in [-0.25, -0.2) is 9.37 Å². The molecule has 2 rings (SSSR count). The Hall–Kier alpha value is -1.94. The minimum atomic E-state index is -0.241. The monoisotopic (exact) mass is 273 g/mol. The summed E-state index contributed by atoms with van der Waals surface area (Å²) in [6.45, 7) is 3.86. The molecule has 4 heteroatoms. The Morgan fingerprint density at radius 3 is 2.75 bits per heavy atom. The van der Waals surface area contributed by atoms with Crippen LogP contribution >= 0.6 is 0 Å². The number of pyridine rings is 1. The van der Waals surface area contributed by atoms with Crippen LogP contribution in [-0.2, 0) is 6.54 Å². The summed E-state index contributed by atoms with van der Waals surface area (Å²) in [4.78, 5) is 6.47. The molecular formula is C16H20FN3. The lowest BCUT2D eigenvalue weighted by molar-refractivity contribution is 0.628. The molecule has 1 aromatic carbocycles. The average molecular weight is 273 g/mol. The van der Waals surface area contributed by atoms with Gasteiger partial charge in [0.2, 0.25) is 0 Å². The van der Waals surface area contributed by atoms with Crippen molar-refractivity contribution < 1.29 is 4.39 Å². The lowest BCUT2D eigenvalue weighted by atomic mass is 10.2. The third-order valence-electron chi connectivity index (χ3n) is 3.06. The standard InChI is InChI=1S/C16H20FN3/c1-3-10-18-12-14-7-5-9-16(19-14)20(2)15-8-4-6-13(17)11-15/h4-9,11,18H,3,10,12H2,1-2H3. The number of hydrogen-bond acceptors (Lipinski definition) is 3. The zero-order valence-corrected chi connectivity index (χ0v) is 11.9. The predicted octanol–water partition coefficient (Wildman–Crippen LogP) is 3.49. The van der Waals surface area contributed by atoms with Gasteiger partial charge < -0.3 is 10.2 Å². The van der Waals surface area contributed by atoms with Gasteiger partial charge >= 0.3 is 0 Å². The second-order valence-electron chi connectivity index (χ2n) is 4.70. The molecule has 0 aliphatic carbocycles. The highest BCUT2D eigenvalue weighted by atomic mass is 19.1. The molecule has 0 radical (unpaired) electrons. The summed E-state index contributed by atoms with van der Waals surface area (Å²) in [6.07, 6.45) is 1.10. The third-order valence-corrected chi connectivity index (χ3v) is 3.06. The van der Waals surface area contributed by atoms with Gasteiger partial charge in [-0.15, -0.1) is 0 Å². The first-order chi connectivity index (χ1) is 9.70. The van der Waals surface area contributed by atoms with Crippen molar-refractivity contribution in [1.29, 1.82) is 0 Å². The molecule has 1 aromatic heterocycles. The first-order valence-electron chi connectivity index (χ1n) is 6.86. The SMILES string of the molecule is CCCNCc1cccc(N(C)c2cccc(F)c2)n1. The number of rotatable bonds is 6. The fourth-order valence-electron chi connectivity index (χ4n) is 1.96. The van der Waals surface area contributed by atoms with Crippen LogP contribution in [0.2, 0.25) is 0 Å². The van der Waals surface area contributed by atoms with E-state index in [9.17, 15) is 4.39 Å². The van der Waals surface area contributed by atoms with Crippen LogP contribution in [0.3, 0.4) is 0 Å². The van der Waals surface area contributed by atoms with Gasteiger partial charge in [-0.1, -0.05) is 19.1 Å². The Labute approximate surface area is 119 Å². The van der Waals surface area contributed by atoms with E-state index in [1.54, 1.807) is 6.07 Å². The zero-order chi connectivity index (χ0) is 14.4. The second-order valence-corrected chi connectivity index (χ2v) is 4.70. The quantitative estimate of drug-likeness (QED) is 0.817. The Morgan fingerprint density at radius 2 is 2.00 bits per heavy atom. The molecule has 0 saturated carbocycles. The summed E-state index contributed by atoms with van der Waals surface area (Å²) in [5.41, 5.74) is 1.77. The van der Waals surface area contributed by atoms with E-state index < -0.39 is 0 Å². The van der Waals surface area contributed by atoms with Crippen LogP contribution in [0, 0.1) is 5.82 Å². The second kappa shape index (κ2) is 7.01. The highest BCUT2D eigenvalue weighted by Crippen LogP contribution is 2.22. The molecule has 0 bridgehead atoms. The molecule has 3 nitrogen and oxygen atoms in total. The lowest BCUT2D eigenvalue weighted by Crippen LogP contribution is -2.17. The zero-order valence-electron chi connectivity index (χ0n) is 11.9. The summed E-state index contributed by atoms with van der Waals surface area (Å²) < 4.78 is 13.3. The van der Waals surface area contributed by atoms with Crippen molar-refractivity contribution in [2.75, 3.05) is 18.5 Å². The van der Waals surface area contributed by atoms with E-state index in [0.29, 0.717) is 0 Å². The number of benzene rings is 1. The summed E-state index contributed by atoms with van der Waals surface area (Å²) in [7, 11) is 1.89. The van der Waals surface area contributed by atoms with E-state index in [1.165, 1.54) is 12.1 Å². The van der Waals surface area contributed by atoms with Gasteiger partial charge in [0.15, 0.2) is 0 Å². The largest absolute Gasteiger partial charge is 0.329 e. The molecule has 2 aromatic rings. The van der Waals surface area contributed by atoms with Gasteiger partial charge in [-0.05, 0) is 43.3 Å². The van der Waals surface area contributed by atoms with Crippen LogP contribution < -0.4 is 10.2 Å². The van der Waals surface area contributed by atoms with Crippen LogP contribution in [0.15, 0.2) is 42.5 Å². The summed E-state index contributed by atoms with van der Waals surface area (Å²) in [5, 5.41) is 3.33. The van der Waals surface area contributed by atoms with E-state index in [1.807, 2.05) is 36.2 Å². The number of halogens is 1. The summed E-state index contributed by atoms with van der Waals surface area (Å²) in [6, 6.07) is 12.4. The Kier molecular flexibility index (Phi) is 5.07. The first-order valence-corrected chi connectivity index (χ1v) is 6.86. The molecule has 1 N–H and O–H groups in total. The molecule has 0 fully saturated rings. The van der Waals surface area contributed by atoms with E-state index in [-0.39, 0.29) is 5.82 Å². The number of nitrogens with zero attached hydrogens (tertiary/aromatic N) is 2. The maximum absolute atomic E-state index is 13.3. The molecule has 20 heavy (non-hydrogen) atoms. The molecule has 0 aliphatic rings. The highest BCUT2D eigenvalue weighted by molar-refractivity contribution is 5.58. The number of nitrogens with one attached hydrogen (secondary N) is 1. The molecular weight excluding hydrogens is 253 g/mol. The first kappa shape index (κ1) is 14.5. The molecule has 0 aliphatic heterocycles. The molecule has 0 atom stereocenters. The number of anilines is 2. The van der Waals surface area contributed by atoms with Crippen molar-refractivity contribution >= 4 is 11.5 Å². The van der Waals surface area contributed by atoms with Crippen LogP contribution in [0.25, 0.3) is 0 Å². The van der Waals surface area contributed by atoms with Crippen molar-refractivity contribution in [3.63, 3.8) is 0 Å². The minimum absolute atomic E-state index is 0.241. The van der Waals surface area contributed by atoms with Gasteiger partial charge in [0.1, 0.15) is 11.6 Å². The molecule has 106 valence electrons. The minimum Gasteiger partial charge on any atom is -0.329 e. The number of aromatic nitrogens is 1. The summed E-state index contributed by atoms with van der Waals surface area (Å²) >= 11 is 0. The van der Waals surface area contributed by atoms with Crippen LogP contribution in [0.4, 0.5) is 15.9 Å². The molecule has 0 saturated heterocycles. The van der Waals surface area contributed by atoms with Crippen LogP contribution in [-0.4, -0.2) is 18.6 Å². The molecule has 1 heterocycles. The van der Waals surface area contributed by atoms with Crippen molar-refractivity contribution in [3.8, 4) is 0 Å². The molecule has 0 spiro atoms.